The maximum atomic E-state index is 11.3. The van der Waals surface area contributed by atoms with Crippen LogP contribution in [0.1, 0.15) is 25.8 Å². The average molecular weight is 283 g/mol. The Labute approximate surface area is 123 Å². The van der Waals surface area contributed by atoms with Gasteiger partial charge in [-0.15, -0.1) is 0 Å². The second-order valence-corrected chi connectivity index (χ2v) is 5.26. The highest BCUT2D eigenvalue weighted by molar-refractivity contribution is 5.86. The van der Waals surface area contributed by atoms with Gasteiger partial charge in [-0.3, -0.25) is 4.79 Å². The van der Waals surface area contributed by atoms with Gasteiger partial charge in [0.15, 0.2) is 0 Å². The first-order chi connectivity index (χ1) is 10.00. The quantitative estimate of drug-likeness (QED) is 0.880. The van der Waals surface area contributed by atoms with Crippen molar-refractivity contribution in [2.75, 3.05) is 11.9 Å². The first-order valence-corrected chi connectivity index (χ1v) is 6.77. The van der Waals surface area contributed by atoms with Crippen LogP contribution in [-0.4, -0.2) is 22.6 Å². The largest absolute Gasteiger partial charge is 0.481 e. The van der Waals surface area contributed by atoms with Gasteiger partial charge in [0.25, 0.3) is 0 Å². The number of carboxylic acids is 1. The Morgan fingerprint density at radius 1 is 1.48 bits per heavy atom. The molecule has 1 unspecified atom stereocenters. The molecule has 0 aliphatic heterocycles. The predicted molar refractivity (Wildman–Crippen MR) is 81.0 cm³/mol. The molecule has 1 aromatic heterocycles. The molecule has 1 atom stereocenters. The standard InChI is InChI=1S/C16H17N3O2/c1-3-16(2,15(20)21)10-18-14-8-11(9-17)12-6-4-5-7-13(12)19-14/h4-8H,3,10H2,1-2H3,(H,18,19)(H,20,21). The lowest BCUT2D eigenvalue weighted by atomic mass is 9.88. The molecule has 2 N–H and O–H groups in total. The van der Waals surface area contributed by atoms with Gasteiger partial charge in [0.1, 0.15) is 5.82 Å². The number of aromatic nitrogens is 1. The van der Waals surface area contributed by atoms with E-state index in [-0.39, 0.29) is 6.54 Å². The molecule has 5 heteroatoms. The molecule has 0 spiro atoms. The van der Waals surface area contributed by atoms with Gasteiger partial charge in [0.2, 0.25) is 0 Å². The minimum absolute atomic E-state index is 0.259. The highest BCUT2D eigenvalue weighted by atomic mass is 16.4. The third kappa shape index (κ3) is 2.95. The molecule has 0 aliphatic rings. The van der Waals surface area contributed by atoms with Crippen molar-refractivity contribution in [1.82, 2.24) is 4.98 Å². The number of carboxylic acid groups (broad SMARTS) is 1. The number of rotatable bonds is 5. The number of carbonyl (C=O) groups is 1. The maximum Gasteiger partial charge on any atom is 0.311 e. The summed E-state index contributed by atoms with van der Waals surface area (Å²) < 4.78 is 0. The Balaban J connectivity index is 2.32. The monoisotopic (exact) mass is 283 g/mol. The molecule has 2 aromatic rings. The van der Waals surface area contributed by atoms with Crippen LogP contribution in [0.25, 0.3) is 10.9 Å². The van der Waals surface area contributed by atoms with Crippen LogP contribution < -0.4 is 5.32 Å². The van der Waals surface area contributed by atoms with Gasteiger partial charge in [-0.25, -0.2) is 4.98 Å². The molecule has 0 amide bonds. The first-order valence-electron chi connectivity index (χ1n) is 6.77. The van der Waals surface area contributed by atoms with Crippen LogP contribution >= 0.6 is 0 Å². The normalized spacial score (nSPS) is 13.4. The number of benzene rings is 1. The van der Waals surface area contributed by atoms with Gasteiger partial charge in [-0.1, -0.05) is 25.1 Å². The van der Waals surface area contributed by atoms with E-state index >= 15 is 0 Å². The molecule has 0 saturated heterocycles. The van der Waals surface area contributed by atoms with Crippen LogP contribution in [0.3, 0.4) is 0 Å². The molecule has 0 fully saturated rings. The van der Waals surface area contributed by atoms with E-state index in [4.69, 9.17) is 0 Å². The lowest BCUT2D eigenvalue weighted by Gasteiger charge is -2.23. The first kappa shape index (κ1) is 14.8. The fourth-order valence-corrected chi connectivity index (χ4v) is 2.00. The van der Waals surface area contributed by atoms with E-state index in [9.17, 15) is 15.2 Å². The molecule has 21 heavy (non-hydrogen) atoms. The fraction of sp³-hybridized carbons (Fsp3) is 0.312. The van der Waals surface area contributed by atoms with Crippen LogP contribution in [0.4, 0.5) is 5.82 Å². The summed E-state index contributed by atoms with van der Waals surface area (Å²) in [6.07, 6.45) is 0.508. The molecule has 0 saturated carbocycles. The zero-order valence-electron chi connectivity index (χ0n) is 12.1. The summed E-state index contributed by atoms with van der Waals surface area (Å²) in [4.78, 5) is 15.7. The summed E-state index contributed by atoms with van der Waals surface area (Å²) >= 11 is 0. The minimum atomic E-state index is -0.861. The summed E-state index contributed by atoms with van der Waals surface area (Å²) in [7, 11) is 0. The molecule has 0 radical (unpaired) electrons. The molecule has 2 rings (SSSR count). The van der Waals surface area contributed by atoms with Crippen molar-refractivity contribution in [2.24, 2.45) is 5.41 Å². The predicted octanol–water partition coefficient (Wildman–Crippen LogP) is 3.02. The smallest absolute Gasteiger partial charge is 0.311 e. The van der Waals surface area contributed by atoms with Crippen LogP contribution in [0.2, 0.25) is 0 Å². The van der Waals surface area contributed by atoms with Gasteiger partial charge < -0.3 is 10.4 Å². The number of nitrogens with one attached hydrogen (secondary N) is 1. The van der Waals surface area contributed by atoms with E-state index in [0.29, 0.717) is 23.3 Å². The van der Waals surface area contributed by atoms with Crippen molar-refractivity contribution in [3.63, 3.8) is 0 Å². The van der Waals surface area contributed by atoms with Crippen LogP contribution in [0, 0.1) is 16.7 Å². The Bertz CT molecular complexity index is 721. The van der Waals surface area contributed by atoms with E-state index < -0.39 is 11.4 Å². The Morgan fingerprint density at radius 2 is 2.19 bits per heavy atom. The summed E-state index contributed by atoms with van der Waals surface area (Å²) in [5, 5.41) is 22.3. The van der Waals surface area contributed by atoms with Crippen LogP contribution in [-0.2, 0) is 4.79 Å². The molecule has 0 bridgehead atoms. The lowest BCUT2D eigenvalue weighted by Crippen LogP contribution is -2.34. The number of fused-ring (bicyclic) bond motifs is 1. The van der Waals surface area contributed by atoms with Gasteiger partial charge in [-0.2, -0.15) is 5.26 Å². The summed E-state index contributed by atoms with van der Waals surface area (Å²) in [6, 6.07) is 11.2. The lowest BCUT2D eigenvalue weighted by molar-refractivity contribution is -0.147. The third-order valence-electron chi connectivity index (χ3n) is 3.79. The van der Waals surface area contributed by atoms with E-state index in [2.05, 4.69) is 16.4 Å². The fourth-order valence-electron chi connectivity index (χ4n) is 2.00. The topological polar surface area (TPSA) is 86.0 Å². The number of pyridine rings is 1. The summed E-state index contributed by atoms with van der Waals surface area (Å²) in [5.41, 5.74) is 0.379. The summed E-state index contributed by atoms with van der Waals surface area (Å²) in [6.45, 7) is 3.79. The van der Waals surface area contributed by atoms with E-state index in [1.54, 1.807) is 13.0 Å². The van der Waals surface area contributed by atoms with Gasteiger partial charge in [-0.05, 0) is 25.5 Å². The Hall–Kier alpha value is -2.61. The number of hydrogen-bond donors (Lipinski definition) is 2. The van der Waals surface area contributed by atoms with Crippen molar-refractivity contribution in [3.8, 4) is 6.07 Å². The highest BCUT2D eigenvalue weighted by Gasteiger charge is 2.30. The third-order valence-corrected chi connectivity index (χ3v) is 3.79. The van der Waals surface area contributed by atoms with Crippen molar-refractivity contribution < 1.29 is 9.90 Å². The molecule has 108 valence electrons. The van der Waals surface area contributed by atoms with E-state index in [1.165, 1.54) is 0 Å². The maximum absolute atomic E-state index is 11.3. The van der Waals surface area contributed by atoms with Gasteiger partial charge >= 0.3 is 5.97 Å². The molecule has 1 heterocycles. The van der Waals surface area contributed by atoms with Crippen molar-refractivity contribution in [2.45, 2.75) is 20.3 Å². The van der Waals surface area contributed by atoms with Crippen LogP contribution in [0.15, 0.2) is 30.3 Å². The Morgan fingerprint density at radius 3 is 2.81 bits per heavy atom. The molecule has 0 aliphatic carbocycles. The van der Waals surface area contributed by atoms with Crippen molar-refractivity contribution >= 4 is 22.7 Å². The van der Waals surface area contributed by atoms with Crippen molar-refractivity contribution in [1.29, 1.82) is 5.26 Å². The van der Waals surface area contributed by atoms with E-state index in [0.717, 1.165) is 5.39 Å². The number of hydrogen-bond acceptors (Lipinski definition) is 4. The van der Waals surface area contributed by atoms with Gasteiger partial charge in [0, 0.05) is 11.9 Å². The Kier molecular flexibility index (Phi) is 4.08. The highest BCUT2D eigenvalue weighted by Crippen LogP contribution is 2.24. The second-order valence-electron chi connectivity index (χ2n) is 5.26. The molecule has 5 nitrogen and oxygen atoms in total. The average Bonchev–Trinajstić information content (AvgIpc) is 2.51. The van der Waals surface area contributed by atoms with E-state index in [1.807, 2.05) is 31.2 Å². The number of nitriles is 1. The molecular weight excluding hydrogens is 266 g/mol. The van der Waals surface area contributed by atoms with Crippen LogP contribution in [0.5, 0.6) is 0 Å². The zero-order chi connectivity index (χ0) is 15.5. The second kappa shape index (κ2) is 5.80. The number of aliphatic carboxylic acids is 1. The van der Waals surface area contributed by atoms with Crippen molar-refractivity contribution in [3.05, 3.63) is 35.9 Å². The number of para-hydroxylation sites is 1. The minimum Gasteiger partial charge on any atom is -0.481 e. The zero-order valence-corrected chi connectivity index (χ0v) is 12.1. The van der Waals surface area contributed by atoms with Gasteiger partial charge in [0.05, 0.1) is 22.6 Å². The number of anilines is 1. The number of nitrogens with zero attached hydrogens (tertiary/aromatic N) is 2. The molecular formula is C16H17N3O2. The molecule has 1 aromatic carbocycles. The summed E-state index contributed by atoms with van der Waals surface area (Å²) in [5.74, 6) is -0.329. The SMILES string of the molecule is CCC(C)(CNc1cc(C#N)c2ccccc2n1)C(=O)O.